The number of fused-ring (bicyclic) bond motifs is 1. The molecule has 7 nitrogen and oxygen atoms in total. The minimum absolute atomic E-state index is 0.0887. The average molecular weight is 478 g/mol. The van der Waals surface area contributed by atoms with Gasteiger partial charge >= 0.3 is 5.97 Å². The number of hydrazone groups is 1. The number of aryl methyl sites for hydroxylation is 1. The van der Waals surface area contributed by atoms with Gasteiger partial charge in [-0.2, -0.15) is 5.10 Å². The molecule has 2 aliphatic rings. The number of anilines is 1. The number of nitrogens with one attached hydrogen (secondary N) is 1. The Bertz CT molecular complexity index is 1030. The quantitative estimate of drug-likeness (QED) is 0.328. The molecule has 35 heavy (non-hydrogen) atoms. The van der Waals surface area contributed by atoms with Gasteiger partial charge in [-0.1, -0.05) is 31.5 Å². The summed E-state index contributed by atoms with van der Waals surface area (Å²) in [5, 5.41) is 9.48. The number of amides is 1. The predicted octanol–water partition coefficient (Wildman–Crippen LogP) is 4.44. The number of carbonyl (C=O) groups excluding carboxylic acids is 2. The lowest BCUT2D eigenvalue weighted by Crippen LogP contribution is -2.32. The maximum Gasteiger partial charge on any atom is 0.306 e. The van der Waals surface area contributed by atoms with E-state index in [9.17, 15) is 9.59 Å². The Labute approximate surface area is 207 Å². The Morgan fingerprint density at radius 3 is 2.71 bits per heavy atom. The molecule has 0 bridgehead atoms. The molecule has 1 heterocycles. The van der Waals surface area contributed by atoms with Crippen LogP contribution in [0.3, 0.4) is 0 Å². The van der Waals surface area contributed by atoms with Gasteiger partial charge in [-0.3, -0.25) is 14.6 Å². The molecule has 1 atom stereocenters. The fourth-order valence-electron chi connectivity index (χ4n) is 4.45. The van der Waals surface area contributed by atoms with E-state index >= 15 is 0 Å². The molecule has 0 saturated carbocycles. The lowest BCUT2D eigenvalue weighted by atomic mass is 9.82. The normalized spacial score (nSPS) is 17.7. The smallest absolute Gasteiger partial charge is 0.306 e. The monoisotopic (exact) mass is 477 g/mol. The second-order valence-electron chi connectivity index (χ2n) is 9.26. The Kier molecular flexibility index (Phi) is 8.90. The van der Waals surface area contributed by atoms with E-state index in [-0.39, 0.29) is 11.9 Å². The van der Waals surface area contributed by atoms with E-state index < -0.39 is 0 Å². The number of morpholine rings is 1. The zero-order valence-corrected chi connectivity index (χ0v) is 20.5. The number of rotatable bonds is 9. The third kappa shape index (κ3) is 7.39. The van der Waals surface area contributed by atoms with Gasteiger partial charge in [-0.15, -0.1) is 0 Å². The molecular weight excluding hydrogens is 442 g/mol. The molecule has 4 rings (SSSR count). The Morgan fingerprint density at radius 1 is 1.14 bits per heavy atom. The summed E-state index contributed by atoms with van der Waals surface area (Å²) >= 11 is 0. The van der Waals surface area contributed by atoms with Gasteiger partial charge in [0.1, 0.15) is 0 Å². The number of nitrogens with zero attached hydrogens (tertiary/aromatic N) is 2. The summed E-state index contributed by atoms with van der Waals surface area (Å²) in [5.74, 6) is 0.0988. The second kappa shape index (κ2) is 12.5. The number of ether oxygens (including phenoxy) is 2. The Hall–Kier alpha value is -3.19. The standard InChI is InChI=1S/C28H35N3O4/c1-2-3-14-35-27(32)18-22-6-9-25-19-26(11-10-24(25)17-22)30-28(33)23-7-4-21(5-8-23)20-29-31-12-15-34-16-13-31/h4-5,7-8,10-11,19-20,22H,2-3,6,9,12-18H2,1H3,(H,30,33). The number of benzene rings is 2. The van der Waals surface area contributed by atoms with E-state index in [4.69, 9.17) is 9.47 Å². The van der Waals surface area contributed by atoms with Gasteiger partial charge in [0.15, 0.2) is 0 Å². The molecule has 2 aromatic carbocycles. The van der Waals surface area contributed by atoms with Gasteiger partial charge in [-0.25, -0.2) is 0 Å². The number of hydrogen-bond acceptors (Lipinski definition) is 6. The Balaban J connectivity index is 1.28. The van der Waals surface area contributed by atoms with Crippen LogP contribution in [-0.2, 0) is 27.1 Å². The average Bonchev–Trinajstić information content (AvgIpc) is 2.88. The summed E-state index contributed by atoms with van der Waals surface area (Å²) in [4.78, 5) is 24.8. The van der Waals surface area contributed by atoms with Crippen molar-refractivity contribution in [3.05, 3.63) is 64.7 Å². The van der Waals surface area contributed by atoms with Gasteiger partial charge in [0, 0.05) is 17.7 Å². The summed E-state index contributed by atoms with van der Waals surface area (Å²) in [6, 6.07) is 13.5. The van der Waals surface area contributed by atoms with Gasteiger partial charge in [0.2, 0.25) is 0 Å². The number of carbonyl (C=O) groups is 2. The third-order valence-electron chi connectivity index (χ3n) is 6.54. The maximum absolute atomic E-state index is 12.8. The molecule has 1 unspecified atom stereocenters. The molecule has 1 saturated heterocycles. The van der Waals surface area contributed by atoms with Gasteiger partial charge in [0.05, 0.1) is 39.1 Å². The van der Waals surface area contributed by atoms with E-state index in [0.717, 1.165) is 56.4 Å². The highest BCUT2D eigenvalue weighted by molar-refractivity contribution is 6.04. The maximum atomic E-state index is 12.8. The van der Waals surface area contributed by atoms with E-state index in [0.29, 0.717) is 37.7 Å². The zero-order valence-electron chi connectivity index (χ0n) is 20.5. The third-order valence-corrected chi connectivity index (χ3v) is 6.54. The predicted molar refractivity (Wildman–Crippen MR) is 137 cm³/mol. The van der Waals surface area contributed by atoms with Crippen LogP contribution in [0.2, 0.25) is 0 Å². The van der Waals surface area contributed by atoms with Gasteiger partial charge < -0.3 is 14.8 Å². The van der Waals surface area contributed by atoms with Crippen LogP contribution in [-0.4, -0.2) is 56.0 Å². The van der Waals surface area contributed by atoms with E-state index in [1.807, 2.05) is 41.6 Å². The van der Waals surface area contributed by atoms with Crippen molar-refractivity contribution in [2.24, 2.45) is 11.0 Å². The molecule has 0 spiro atoms. The van der Waals surface area contributed by atoms with Gasteiger partial charge in [-0.05, 0) is 72.6 Å². The van der Waals surface area contributed by atoms with Crippen molar-refractivity contribution in [2.45, 2.75) is 45.4 Å². The fraction of sp³-hybridized carbons (Fsp3) is 0.464. The molecule has 2 aromatic rings. The van der Waals surface area contributed by atoms with Crippen LogP contribution in [0.5, 0.6) is 0 Å². The first-order valence-corrected chi connectivity index (χ1v) is 12.7. The molecule has 1 aliphatic heterocycles. The molecule has 0 radical (unpaired) electrons. The Morgan fingerprint density at radius 2 is 1.94 bits per heavy atom. The lowest BCUT2D eigenvalue weighted by Gasteiger charge is -2.24. The van der Waals surface area contributed by atoms with Gasteiger partial charge in [0.25, 0.3) is 5.91 Å². The molecule has 7 heteroatoms. The summed E-state index contributed by atoms with van der Waals surface area (Å²) in [7, 11) is 0. The van der Waals surface area contributed by atoms with E-state index in [1.54, 1.807) is 0 Å². The zero-order chi connectivity index (χ0) is 24.5. The minimum atomic E-state index is -0.134. The topological polar surface area (TPSA) is 80.2 Å². The van der Waals surface area contributed by atoms with Crippen molar-refractivity contribution >= 4 is 23.8 Å². The van der Waals surface area contributed by atoms with Crippen molar-refractivity contribution in [1.82, 2.24) is 5.01 Å². The highest BCUT2D eigenvalue weighted by Crippen LogP contribution is 2.30. The molecule has 186 valence electrons. The minimum Gasteiger partial charge on any atom is -0.466 e. The van der Waals surface area contributed by atoms with Crippen LogP contribution in [0.25, 0.3) is 0 Å². The van der Waals surface area contributed by atoms with Crippen molar-refractivity contribution in [1.29, 1.82) is 0 Å². The summed E-state index contributed by atoms with van der Waals surface area (Å²) in [6.07, 6.45) is 6.98. The highest BCUT2D eigenvalue weighted by atomic mass is 16.5. The molecule has 0 aromatic heterocycles. The van der Waals surface area contributed by atoms with Crippen molar-refractivity contribution in [3.63, 3.8) is 0 Å². The van der Waals surface area contributed by atoms with Crippen LogP contribution in [0.15, 0.2) is 47.6 Å². The van der Waals surface area contributed by atoms with E-state index in [2.05, 4.69) is 29.5 Å². The first-order valence-electron chi connectivity index (χ1n) is 12.7. The van der Waals surface area contributed by atoms with Crippen molar-refractivity contribution in [2.75, 3.05) is 38.2 Å². The molecular formula is C28H35N3O4. The summed E-state index contributed by atoms with van der Waals surface area (Å²) in [6.45, 7) is 5.60. The largest absolute Gasteiger partial charge is 0.466 e. The van der Waals surface area contributed by atoms with Crippen LogP contribution in [0.1, 0.15) is 59.7 Å². The van der Waals surface area contributed by atoms with Crippen LogP contribution >= 0.6 is 0 Å². The SMILES string of the molecule is CCCCOC(=O)CC1CCc2cc(NC(=O)c3ccc(C=NN4CCOCC4)cc3)ccc2C1. The second-order valence-corrected chi connectivity index (χ2v) is 9.26. The molecule has 1 aliphatic carbocycles. The lowest BCUT2D eigenvalue weighted by molar-refractivity contribution is -0.145. The van der Waals surface area contributed by atoms with Crippen molar-refractivity contribution < 1.29 is 19.1 Å². The summed E-state index contributed by atoms with van der Waals surface area (Å²) in [5.41, 5.74) is 4.85. The fourth-order valence-corrected chi connectivity index (χ4v) is 4.45. The molecule has 1 amide bonds. The first kappa shape index (κ1) is 24.9. The van der Waals surface area contributed by atoms with Crippen LogP contribution in [0, 0.1) is 5.92 Å². The molecule has 1 N–H and O–H groups in total. The first-order chi connectivity index (χ1) is 17.1. The number of hydrogen-bond donors (Lipinski definition) is 1. The van der Waals surface area contributed by atoms with Crippen LogP contribution in [0.4, 0.5) is 5.69 Å². The number of esters is 1. The highest BCUT2D eigenvalue weighted by Gasteiger charge is 2.22. The number of unbranched alkanes of at least 4 members (excludes halogenated alkanes) is 1. The van der Waals surface area contributed by atoms with Crippen molar-refractivity contribution in [3.8, 4) is 0 Å². The molecule has 1 fully saturated rings. The summed E-state index contributed by atoms with van der Waals surface area (Å²) < 4.78 is 10.7. The van der Waals surface area contributed by atoms with E-state index in [1.165, 1.54) is 11.1 Å². The van der Waals surface area contributed by atoms with Crippen LogP contribution < -0.4 is 5.32 Å².